The lowest BCUT2D eigenvalue weighted by atomic mass is 9.90. The van der Waals surface area contributed by atoms with Gasteiger partial charge in [0.2, 0.25) is 11.8 Å². The van der Waals surface area contributed by atoms with Gasteiger partial charge in [0.1, 0.15) is 17.8 Å². The molecule has 0 aliphatic carbocycles. The summed E-state index contributed by atoms with van der Waals surface area (Å²) in [6.45, 7) is 0.894. The number of imide groups is 1. The number of hydrogen-bond acceptors (Lipinski definition) is 5. The molecular formula is C26H26N4O5. The number of anilines is 1. The summed E-state index contributed by atoms with van der Waals surface area (Å²) in [4.78, 5) is 53.1. The van der Waals surface area contributed by atoms with Crippen LogP contribution in [0.3, 0.4) is 0 Å². The number of hydrogen-bond donors (Lipinski definition) is 2. The van der Waals surface area contributed by atoms with Crippen molar-refractivity contribution in [2.75, 3.05) is 32.6 Å². The van der Waals surface area contributed by atoms with Gasteiger partial charge >= 0.3 is 6.03 Å². The first-order chi connectivity index (χ1) is 16.7. The third-order valence-electron chi connectivity index (χ3n) is 6.06. The highest BCUT2D eigenvalue weighted by Crippen LogP contribution is 2.31. The molecule has 0 aromatic heterocycles. The molecule has 0 saturated carbocycles. The predicted molar refractivity (Wildman–Crippen MR) is 131 cm³/mol. The largest absolute Gasteiger partial charge is 0.497 e. The number of nitrogens with zero attached hydrogens (tertiary/aromatic N) is 2. The highest BCUT2D eigenvalue weighted by atomic mass is 16.5. The van der Waals surface area contributed by atoms with Crippen molar-refractivity contribution >= 4 is 40.2 Å². The van der Waals surface area contributed by atoms with Crippen LogP contribution in [0.2, 0.25) is 0 Å². The Hall–Kier alpha value is -4.40. The van der Waals surface area contributed by atoms with Crippen molar-refractivity contribution in [3.05, 3.63) is 72.3 Å². The molecule has 1 fully saturated rings. The average molecular weight is 475 g/mol. The average Bonchev–Trinajstić information content (AvgIpc) is 3.07. The zero-order valence-electron chi connectivity index (χ0n) is 19.7. The fourth-order valence-electron chi connectivity index (χ4n) is 4.00. The SMILES string of the molecule is COc1cccc(NC(=O)CN(C)C(=O)CN2C(=O)N[C@@](C)(c3ccc4ccccc4c3)C2=O)c1. The molecule has 5 amide bonds. The molecule has 3 aromatic rings. The maximum atomic E-state index is 13.2. The van der Waals surface area contributed by atoms with Crippen molar-refractivity contribution < 1.29 is 23.9 Å². The summed E-state index contributed by atoms with van der Waals surface area (Å²) >= 11 is 0. The molecule has 180 valence electrons. The van der Waals surface area contributed by atoms with Crippen LogP contribution in [0.1, 0.15) is 12.5 Å². The number of ether oxygens (including phenoxy) is 1. The van der Waals surface area contributed by atoms with Gasteiger partial charge in [-0.2, -0.15) is 0 Å². The summed E-state index contributed by atoms with van der Waals surface area (Å²) in [6, 6.07) is 19.4. The molecule has 4 rings (SSSR count). The standard InChI is InChI=1S/C26H26N4O5/c1-26(19-12-11-17-7-4-5-8-18(17)13-19)24(33)30(25(34)28-26)16-23(32)29(2)15-22(31)27-20-9-6-10-21(14-20)35-3/h4-14H,15-16H2,1-3H3,(H,27,31)(H,28,34)/t26-/m0/s1. The third-order valence-corrected chi connectivity index (χ3v) is 6.06. The second kappa shape index (κ2) is 9.46. The van der Waals surface area contributed by atoms with Crippen LogP contribution < -0.4 is 15.4 Å². The van der Waals surface area contributed by atoms with Gasteiger partial charge in [0.05, 0.1) is 13.7 Å². The van der Waals surface area contributed by atoms with Crippen molar-refractivity contribution in [2.45, 2.75) is 12.5 Å². The van der Waals surface area contributed by atoms with E-state index in [2.05, 4.69) is 10.6 Å². The summed E-state index contributed by atoms with van der Waals surface area (Å²) in [5.74, 6) is -0.912. The maximum absolute atomic E-state index is 13.2. The molecule has 0 spiro atoms. The molecule has 2 N–H and O–H groups in total. The Morgan fingerprint density at radius 2 is 1.77 bits per heavy atom. The minimum Gasteiger partial charge on any atom is -0.497 e. The third kappa shape index (κ3) is 4.79. The van der Waals surface area contributed by atoms with Crippen molar-refractivity contribution in [1.82, 2.24) is 15.1 Å². The lowest BCUT2D eigenvalue weighted by Gasteiger charge is -2.23. The Kier molecular flexibility index (Phi) is 6.42. The summed E-state index contributed by atoms with van der Waals surface area (Å²) in [5.41, 5.74) is -0.157. The van der Waals surface area contributed by atoms with Crippen LogP contribution in [0.15, 0.2) is 66.7 Å². The van der Waals surface area contributed by atoms with Gasteiger partial charge in [0.25, 0.3) is 5.91 Å². The number of carbonyl (C=O) groups is 4. The minimum absolute atomic E-state index is 0.248. The number of urea groups is 1. The topological polar surface area (TPSA) is 108 Å². The number of rotatable bonds is 7. The number of carbonyl (C=O) groups excluding carboxylic acids is 4. The predicted octanol–water partition coefficient (Wildman–Crippen LogP) is 2.71. The first-order valence-corrected chi connectivity index (χ1v) is 11.0. The zero-order chi connectivity index (χ0) is 25.2. The lowest BCUT2D eigenvalue weighted by Crippen LogP contribution is -2.45. The van der Waals surface area contributed by atoms with E-state index in [1.807, 2.05) is 36.4 Å². The van der Waals surface area contributed by atoms with Crippen molar-refractivity contribution in [1.29, 1.82) is 0 Å². The molecule has 1 heterocycles. The van der Waals surface area contributed by atoms with E-state index in [0.717, 1.165) is 15.7 Å². The van der Waals surface area contributed by atoms with E-state index in [-0.39, 0.29) is 6.54 Å². The van der Waals surface area contributed by atoms with Crippen LogP contribution in [0.25, 0.3) is 10.8 Å². The Labute approximate surface area is 202 Å². The number of amides is 5. The fraction of sp³-hybridized carbons (Fsp3) is 0.231. The Morgan fingerprint density at radius 3 is 2.51 bits per heavy atom. The molecule has 3 aromatic carbocycles. The van der Waals surface area contributed by atoms with Gasteiger partial charge in [-0.25, -0.2) is 4.79 Å². The molecule has 0 unspecified atom stereocenters. The van der Waals surface area contributed by atoms with E-state index < -0.39 is 35.8 Å². The van der Waals surface area contributed by atoms with Crippen molar-refractivity contribution in [3.63, 3.8) is 0 Å². The summed E-state index contributed by atoms with van der Waals surface area (Å²) < 4.78 is 5.13. The number of methoxy groups -OCH3 is 1. The van der Waals surface area contributed by atoms with Gasteiger partial charge < -0.3 is 20.3 Å². The van der Waals surface area contributed by atoms with Crippen LogP contribution >= 0.6 is 0 Å². The number of nitrogens with one attached hydrogen (secondary N) is 2. The summed E-state index contributed by atoms with van der Waals surface area (Å²) in [5, 5.41) is 7.35. The van der Waals surface area contributed by atoms with Gasteiger partial charge in [-0.1, -0.05) is 42.5 Å². The van der Waals surface area contributed by atoms with Crippen molar-refractivity contribution in [3.8, 4) is 5.75 Å². The van der Waals surface area contributed by atoms with Crippen molar-refractivity contribution in [2.24, 2.45) is 0 Å². The molecule has 9 heteroatoms. The van der Waals surface area contributed by atoms with Crippen LogP contribution in [0, 0.1) is 0 Å². The minimum atomic E-state index is -1.30. The van der Waals surface area contributed by atoms with E-state index in [4.69, 9.17) is 4.74 Å². The molecule has 35 heavy (non-hydrogen) atoms. The first-order valence-electron chi connectivity index (χ1n) is 11.0. The highest BCUT2D eigenvalue weighted by molar-refractivity contribution is 6.09. The lowest BCUT2D eigenvalue weighted by molar-refractivity contribution is -0.139. The second-order valence-electron chi connectivity index (χ2n) is 8.54. The Bertz CT molecular complexity index is 1320. The monoisotopic (exact) mass is 474 g/mol. The quantitative estimate of drug-likeness (QED) is 0.512. The van der Waals surface area contributed by atoms with Gasteiger partial charge in [0.15, 0.2) is 0 Å². The molecule has 1 aliphatic rings. The summed E-state index contributed by atoms with van der Waals surface area (Å²) in [6.07, 6.45) is 0. The highest BCUT2D eigenvalue weighted by Gasteiger charge is 2.49. The maximum Gasteiger partial charge on any atom is 0.325 e. The van der Waals surface area contributed by atoms with Crippen LogP contribution in [0.4, 0.5) is 10.5 Å². The number of likely N-dealkylation sites (N-methyl/N-ethyl adjacent to an activating group) is 1. The van der Waals surface area contributed by atoms with Gasteiger partial charge in [-0.15, -0.1) is 0 Å². The van der Waals surface area contributed by atoms with Gasteiger partial charge in [-0.05, 0) is 41.5 Å². The van der Waals surface area contributed by atoms with Crippen LogP contribution in [0.5, 0.6) is 5.75 Å². The van der Waals surface area contributed by atoms with E-state index in [1.54, 1.807) is 37.3 Å². The number of benzene rings is 3. The van der Waals surface area contributed by atoms with Gasteiger partial charge in [0, 0.05) is 18.8 Å². The van der Waals surface area contributed by atoms with E-state index >= 15 is 0 Å². The Balaban J connectivity index is 1.41. The zero-order valence-corrected chi connectivity index (χ0v) is 19.7. The molecule has 1 aliphatic heterocycles. The summed E-state index contributed by atoms with van der Waals surface area (Å²) in [7, 11) is 2.96. The molecule has 0 radical (unpaired) electrons. The van der Waals surface area contributed by atoms with E-state index in [1.165, 1.54) is 19.1 Å². The van der Waals surface area contributed by atoms with Crippen LogP contribution in [-0.4, -0.2) is 60.8 Å². The second-order valence-corrected chi connectivity index (χ2v) is 8.54. The molecule has 0 bridgehead atoms. The van der Waals surface area contributed by atoms with E-state index in [9.17, 15) is 19.2 Å². The van der Waals surface area contributed by atoms with E-state index in [0.29, 0.717) is 17.0 Å². The van der Waals surface area contributed by atoms with Crippen LogP contribution in [-0.2, 0) is 19.9 Å². The fourth-order valence-corrected chi connectivity index (χ4v) is 4.00. The normalized spacial score (nSPS) is 17.3. The molecular weight excluding hydrogens is 448 g/mol. The molecule has 1 saturated heterocycles. The molecule has 9 nitrogen and oxygen atoms in total. The Morgan fingerprint density at radius 1 is 1.03 bits per heavy atom. The smallest absolute Gasteiger partial charge is 0.325 e. The van der Waals surface area contributed by atoms with Gasteiger partial charge in [-0.3, -0.25) is 19.3 Å². The molecule has 1 atom stereocenters. The first kappa shape index (κ1) is 23.7. The number of fused-ring (bicyclic) bond motifs is 1.